The third-order valence-corrected chi connectivity index (χ3v) is 3.41. The highest BCUT2D eigenvalue weighted by Crippen LogP contribution is 2.24. The van der Waals surface area contributed by atoms with Crippen LogP contribution in [0.25, 0.3) is 0 Å². The van der Waals surface area contributed by atoms with Gasteiger partial charge in [0, 0.05) is 29.6 Å². The van der Waals surface area contributed by atoms with E-state index in [2.05, 4.69) is 30.2 Å². The summed E-state index contributed by atoms with van der Waals surface area (Å²) in [6.45, 7) is 6.27. The Bertz CT molecular complexity index is 632. The monoisotopic (exact) mass is 253 g/mol. The van der Waals surface area contributed by atoms with Gasteiger partial charge < -0.3 is 5.32 Å². The van der Waals surface area contributed by atoms with Crippen LogP contribution in [0.1, 0.15) is 35.5 Å². The van der Waals surface area contributed by atoms with Crippen molar-refractivity contribution in [3.05, 3.63) is 46.8 Å². The van der Waals surface area contributed by atoms with Gasteiger partial charge in [-0.15, -0.1) is 6.42 Å². The molecule has 0 spiro atoms. The van der Waals surface area contributed by atoms with Crippen LogP contribution in [0.4, 0.5) is 5.69 Å². The third kappa shape index (κ3) is 2.63. The molecule has 1 aromatic heterocycles. The topological polar surface area (TPSA) is 29.9 Å². The van der Waals surface area contributed by atoms with Crippen LogP contribution in [-0.4, -0.2) is 9.78 Å². The Morgan fingerprint density at radius 1 is 1.37 bits per heavy atom. The van der Waals surface area contributed by atoms with Gasteiger partial charge in [0.05, 0.1) is 11.7 Å². The lowest BCUT2D eigenvalue weighted by Crippen LogP contribution is -2.09. The Hall–Kier alpha value is -2.21. The van der Waals surface area contributed by atoms with Crippen molar-refractivity contribution in [2.75, 3.05) is 5.32 Å². The van der Waals surface area contributed by atoms with E-state index < -0.39 is 0 Å². The quantitative estimate of drug-likeness (QED) is 0.851. The zero-order valence-electron chi connectivity index (χ0n) is 11.9. The highest BCUT2D eigenvalue weighted by atomic mass is 15.3. The van der Waals surface area contributed by atoms with Crippen LogP contribution in [0, 0.1) is 26.2 Å². The number of aromatic nitrogens is 2. The summed E-state index contributed by atoms with van der Waals surface area (Å²) < 4.78 is 1.92. The largest absolute Gasteiger partial charge is 0.378 e. The number of anilines is 1. The van der Waals surface area contributed by atoms with Crippen LogP contribution in [0.5, 0.6) is 0 Å². The van der Waals surface area contributed by atoms with E-state index in [9.17, 15) is 0 Å². The normalized spacial score (nSPS) is 11.9. The minimum Gasteiger partial charge on any atom is -0.378 e. The number of nitrogens with one attached hydrogen (secondary N) is 1. The van der Waals surface area contributed by atoms with Crippen molar-refractivity contribution in [3.63, 3.8) is 0 Å². The van der Waals surface area contributed by atoms with Crippen molar-refractivity contribution >= 4 is 5.69 Å². The number of hydrogen-bond donors (Lipinski definition) is 1. The average molecular weight is 253 g/mol. The zero-order chi connectivity index (χ0) is 14.0. The maximum atomic E-state index is 5.42. The van der Waals surface area contributed by atoms with E-state index in [0.29, 0.717) is 0 Å². The predicted octanol–water partition coefficient (Wildman–Crippen LogP) is 3.19. The first kappa shape index (κ1) is 13.2. The fourth-order valence-electron chi connectivity index (χ4n) is 2.44. The Labute approximate surface area is 114 Å². The molecule has 1 aromatic carbocycles. The van der Waals surface area contributed by atoms with Gasteiger partial charge in [0.1, 0.15) is 0 Å². The molecule has 3 heteroatoms. The predicted molar refractivity (Wildman–Crippen MR) is 79.1 cm³/mol. The Kier molecular flexibility index (Phi) is 3.62. The highest BCUT2D eigenvalue weighted by molar-refractivity contribution is 5.51. The molecule has 2 aromatic rings. The minimum absolute atomic E-state index is 0.196. The average Bonchev–Trinajstić information content (AvgIpc) is 2.63. The van der Waals surface area contributed by atoms with Crippen LogP contribution in [0.15, 0.2) is 24.3 Å². The molecule has 0 bridgehead atoms. The van der Waals surface area contributed by atoms with Crippen molar-refractivity contribution in [2.24, 2.45) is 7.05 Å². The summed E-state index contributed by atoms with van der Waals surface area (Å²) in [5.74, 6) is 2.65. The lowest BCUT2D eigenvalue weighted by Gasteiger charge is -2.16. The van der Waals surface area contributed by atoms with E-state index in [4.69, 9.17) is 6.42 Å². The summed E-state index contributed by atoms with van der Waals surface area (Å²) >= 11 is 0. The fourth-order valence-corrected chi connectivity index (χ4v) is 2.44. The van der Waals surface area contributed by atoms with Gasteiger partial charge in [-0.1, -0.05) is 12.0 Å². The van der Waals surface area contributed by atoms with Crippen LogP contribution < -0.4 is 5.32 Å². The van der Waals surface area contributed by atoms with Crippen molar-refractivity contribution in [3.8, 4) is 12.3 Å². The van der Waals surface area contributed by atoms with Gasteiger partial charge in [0.15, 0.2) is 0 Å². The van der Waals surface area contributed by atoms with Crippen molar-refractivity contribution < 1.29 is 0 Å². The summed E-state index contributed by atoms with van der Waals surface area (Å²) in [4.78, 5) is 0. The van der Waals surface area contributed by atoms with Gasteiger partial charge in [0.2, 0.25) is 0 Å². The summed E-state index contributed by atoms with van der Waals surface area (Å²) in [5, 5.41) is 7.93. The molecule has 19 heavy (non-hydrogen) atoms. The number of nitrogens with zero attached hydrogens (tertiary/aromatic N) is 2. The molecule has 1 N–H and O–H groups in total. The summed E-state index contributed by atoms with van der Waals surface area (Å²) in [5.41, 5.74) is 5.41. The number of hydrogen-bond acceptors (Lipinski definition) is 2. The van der Waals surface area contributed by atoms with Gasteiger partial charge in [-0.2, -0.15) is 5.10 Å². The van der Waals surface area contributed by atoms with E-state index in [1.165, 1.54) is 11.3 Å². The molecular formula is C16H19N3. The summed E-state index contributed by atoms with van der Waals surface area (Å²) in [6, 6.07) is 8.10. The molecule has 0 aliphatic rings. The van der Waals surface area contributed by atoms with E-state index >= 15 is 0 Å². The maximum absolute atomic E-state index is 5.42. The number of benzene rings is 1. The molecular weight excluding hydrogens is 234 g/mol. The first-order valence-electron chi connectivity index (χ1n) is 6.36. The molecule has 1 heterocycles. The van der Waals surface area contributed by atoms with Crippen LogP contribution in [0.2, 0.25) is 0 Å². The van der Waals surface area contributed by atoms with Gasteiger partial charge in [-0.25, -0.2) is 0 Å². The maximum Gasteiger partial charge on any atom is 0.0649 e. The van der Waals surface area contributed by atoms with E-state index in [-0.39, 0.29) is 6.04 Å². The molecule has 0 amide bonds. The Balaban J connectivity index is 2.25. The first-order valence-corrected chi connectivity index (χ1v) is 6.36. The molecule has 0 saturated heterocycles. The molecule has 1 unspecified atom stereocenters. The molecule has 98 valence electrons. The van der Waals surface area contributed by atoms with Crippen LogP contribution in [0.3, 0.4) is 0 Å². The van der Waals surface area contributed by atoms with Crippen LogP contribution in [-0.2, 0) is 7.05 Å². The van der Waals surface area contributed by atoms with Crippen molar-refractivity contribution in [1.29, 1.82) is 0 Å². The van der Waals surface area contributed by atoms with Gasteiger partial charge in [0.25, 0.3) is 0 Å². The molecule has 0 saturated carbocycles. The van der Waals surface area contributed by atoms with Gasteiger partial charge >= 0.3 is 0 Å². The summed E-state index contributed by atoms with van der Waals surface area (Å²) in [7, 11) is 1.97. The smallest absolute Gasteiger partial charge is 0.0649 e. The molecule has 0 aliphatic heterocycles. The highest BCUT2D eigenvalue weighted by Gasteiger charge is 2.15. The first-order chi connectivity index (χ1) is 9.02. The van der Waals surface area contributed by atoms with E-state index in [0.717, 1.165) is 16.9 Å². The number of aryl methyl sites for hydroxylation is 2. The van der Waals surface area contributed by atoms with E-state index in [1.54, 1.807) is 0 Å². The summed E-state index contributed by atoms with van der Waals surface area (Å²) in [6.07, 6.45) is 5.42. The third-order valence-electron chi connectivity index (χ3n) is 3.41. The second-order valence-electron chi connectivity index (χ2n) is 4.80. The van der Waals surface area contributed by atoms with Gasteiger partial charge in [-0.3, -0.25) is 4.68 Å². The molecule has 0 fully saturated rings. The second kappa shape index (κ2) is 5.19. The van der Waals surface area contributed by atoms with E-state index in [1.807, 2.05) is 42.9 Å². The molecule has 2 rings (SSSR count). The lowest BCUT2D eigenvalue weighted by atomic mass is 10.1. The molecule has 0 aliphatic carbocycles. The lowest BCUT2D eigenvalue weighted by molar-refractivity contribution is 0.728. The molecule has 1 atom stereocenters. The van der Waals surface area contributed by atoms with Crippen LogP contribution >= 0.6 is 0 Å². The Morgan fingerprint density at radius 3 is 2.68 bits per heavy atom. The van der Waals surface area contributed by atoms with Crippen molar-refractivity contribution in [2.45, 2.75) is 26.8 Å². The second-order valence-corrected chi connectivity index (χ2v) is 4.80. The number of terminal acetylenes is 1. The zero-order valence-corrected chi connectivity index (χ0v) is 11.9. The standard InChI is InChI=1S/C16H19N3/c1-6-14-8-7-9-15(10-14)17-11(2)16-12(3)18-19(5)13(16)4/h1,7-11,17H,2-5H3. The minimum atomic E-state index is 0.196. The van der Waals surface area contributed by atoms with Gasteiger partial charge in [-0.05, 0) is 39.0 Å². The molecule has 3 nitrogen and oxygen atoms in total. The molecule has 0 radical (unpaired) electrons. The SMILES string of the molecule is C#Cc1cccc(NC(C)c2c(C)nn(C)c2C)c1. The number of rotatable bonds is 3. The Morgan fingerprint density at radius 2 is 2.11 bits per heavy atom. The fraction of sp³-hybridized carbons (Fsp3) is 0.312. The van der Waals surface area contributed by atoms with Crippen molar-refractivity contribution in [1.82, 2.24) is 9.78 Å².